The molecule has 1 aliphatic rings. The molecule has 0 N–H and O–H groups in total. The summed E-state index contributed by atoms with van der Waals surface area (Å²) in [4.78, 5) is 0. The SMILES string of the molecule is CC(C)(C)c1ccc2c(c1)C(C)(C)c1cc(-c3ccc4c(c3)oc3ccccc34)ccc1-2. The van der Waals surface area contributed by atoms with Gasteiger partial charge in [-0.3, -0.25) is 0 Å². The molecule has 0 spiro atoms. The lowest BCUT2D eigenvalue weighted by Crippen LogP contribution is -2.17. The third-order valence-corrected chi connectivity index (χ3v) is 7.25. The van der Waals surface area contributed by atoms with Gasteiger partial charge in [0.15, 0.2) is 0 Å². The van der Waals surface area contributed by atoms with E-state index in [1.165, 1.54) is 49.7 Å². The quantitative estimate of drug-likeness (QED) is 0.266. The normalized spacial score (nSPS) is 14.7. The van der Waals surface area contributed by atoms with Gasteiger partial charge >= 0.3 is 0 Å². The molecular formula is C31H28O. The summed E-state index contributed by atoms with van der Waals surface area (Å²) >= 11 is 0. The molecule has 32 heavy (non-hydrogen) atoms. The van der Waals surface area contributed by atoms with Crippen LogP contribution in [0.5, 0.6) is 0 Å². The van der Waals surface area contributed by atoms with E-state index in [0.717, 1.165) is 11.2 Å². The minimum absolute atomic E-state index is 0.0224. The minimum Gasteiger partial charge on any atom is -0.456 e. The van der Waals surface area contributed by atoms with Crippen LogP contribution >= 0.6 is 0 Å². The fraction of sp³-hybridized carbons (Fsp3) is 0.226. The standard InChI is InChI=1S/C31H28O/c1-30(2,3)21-12-15-23-22-13-10-19(16-26(22)31(4,5)27(23)18-21)20-11-14-25-24-8-6-7-9-28(24)32-29(25)17-20/h6-18H,1-5H3. The van der Waals surface area contributed by atoms with Crippen LogP contribution in [0, 0.1) is 0 Å². The van der Waals surface area contributed by atoms with Gasteiger partial charge in [-0.2, -0.15) is 0 Å². The van der Waals surface area contributed by atoms with Gasteiger partial charge in [0.1, 0.15) is 11.2 Å². The molecule has 1 heterocycles. The van der Waals surface area contributed by atoms with Crippen molar-refractivity contribution < 1.29 is 4.42 Å². The van der Waals surface area contributed by atoms with Crippen LogP contribution in [0.4, 0.5) is 0 Å². The van der Waals surface area contributed by atoms with E-state index >= 15 is 0 Å². The summed E-state index contributed by atoms with van der Waals surface area (Å²) in [6.07, 6.45) is 0. The van der Waals surface area contributed by atoms with E-state index in [1.807, 2.05) is 12.1 Å². The molecule has 0 unspecified atom stereocenters. The molecule has 5 aromatic rings. The highest BCUT2D eigenvalue weighted by Gasteiger charge is 2.36. The van der Waals surface area contributed by atoms with Crippen molar-refractivity contribution in [1.82, 2.24) is 0 Å². The summed E-state index contributed by atoms with van der Waals surface area (Å²) in [5.74, 6) is 0. The van der Waals surface area contributed by atoms with Crippen molar-refractivity contribution in [3.63, 3.8) is 0 Å². The molecule has 1 aliphatic carbocycles. The van der Waals surface area contributed by atoms with Crippen molar-refractivity contribution in [1.29, 1.82) is 0 Å². The van der Waals surface area contributed by atoms with E-state index < -0.39 is 0 Å². The van der Waals surface area contributed by atoms with E-state index in [4.69, 9.17) is 4.42 Å². The van der Waals surface area contributed by atoms with Crippen LogP contribution in [0.25, 0.3) is 44.2 Å². The van der Waals surface area contributed by atoms with Crippen LogP contribution in [0.15, 0.2) is 83.3 Å². The first-order valence-corrected chi connectivity index (χ1v) is 11.4. The molecule has 0 aliphatic heterocycles. The second-order valence-electron chi connectivity index (χ2n) is 10.7. The van der Waals surface area contributed by atoms with Crippen LogP contribution in [0.2, 0.25) is 0 Å². The Morgan fingerprint density at radius 3 is 2.03 bits per heavy atom. The molecule has 0 amide bonds. The highest BCUT2D eigenvalue weighted by Crippen LogP contribution is 2.50. The third kappa shape index (κ3) is 2.70. The van der Waals surface area contributed by atoms with E-state index in [2.05, 4.69) is 101 Å². The zero-order chi connectivity index (χ0) is 22.3. The molecular weight excluding hydrogens is 388 g/mol. The van der Waals surface area contributed by atoms with Crippen molar-refractivity contribution in [2.45, 2.75) is 45.4 Å². The van der Waals surface area contributed by atoms with E-state index in [-0.39, 0.29) is 10.8 Å². The van der Waals surface area contributed by atoms with Crippen molar-refractivity contribution in [3.05, 3.63) is 95.6 Å². The van der Waals surface area contributed by atoms with Gasteiger partial charge < -0.3 is 4.42 Å². The molecule has 1 heteroatoms. The first-order chi connectivity index (χ1) is 15.2. The van der Waals surface area contributed by atoms with Gasteiger partial charge in [0.25, 0.3) is 0 Å². The van der Waals surface area contributed by atoms with Crippen LogP contribution in [-0.4, -0.2) is 0 Å². The zero-order valence-corrected chi connectivity index (χ0v) is 19.4. The maximum Gasteiger partial charge on any atom is 0.136 e. The third-order valence-electron chi connectivity index (χ3n) is 7.25. The molecule has 158 valence electrons. The lowest BCUT2D eigenvalue weighted by molar-refractivity contribution is 0.584. The molecule has 0 saturated carbocycles. The second kappa shape index (κ2) is 6.36. The van der Waals surface area contributed by atoms with Crippen molar-refractivity contribution in [3.8, 4) is 22.3 Å². The molecule has 0 fully saturated rings. The highest BCUT2D eigenvalue weighted by atomic mass is 16.3. The van der Waals surface area contributed by atoms with Crippen LogP contribution < -0.4 is 0 Å². The summed E-state index contributed by atoms with van der Waals surface area (Å²) < 4.78 is 6.14. The van der Waals surface area contributed by atoms with Crippen LogP contribution in [-0.2, 0) is 10.8 Å². The highest BCUT2D eigenvalue weighted by molar-refractivity contribution is 6.05. The average molecular weight is 417 g/mol. The van der Waals surface area contributed by atoms with Gasteiger partial charge in [-0.15, -0.1) is 0 Å². The van der Waals surface area contributed by atoms with Gasteiger partial charge in [0, 0.05) is 16.2 Å². The first kappa shape index (κ1) is 19.4. The molecule has 1 nitrogen and oxygen atoms in total. The number of benzene rings is 4. The smallest absolute Gasteiger partial charge is 0.136 e. The van der Waals surface area contributed by atoms with Crippen LogP contribution in [0.3, 0.4) is 0 Å². The molecule has 6 rings (SSSR count). The molecule has 4 aromatic carbocycles. The number of rotatable bonds is 1. The fourth-order valence-electron chi connectivity index (χ4n) is 5.29. The molecule has 0 saturated heterocycles. The summed E-state index contributed by atoms with van der Waals surface area (Å²) in [5.41, 5.74) is 11.4. The number of hydrogen-bond donors (Lipinski definition) is 0. The van der Waals surface area contributed by atoms with E-state index in [0.29, 0.717) is 0 Å². The van der Waals surface area contributed by atoms with Gasteiger partial charge in [-0.1, -0.05) is 89.2 Å². The fourth-order valence-corrected chi connectivity index (χ4v) is 5.29. The summed E-state index contributed by atoms with van der Waals surface area (Å²) in [7, 11) is 0. The van der Waals surface area contributed by atoms with Crippen molar-refractivity contribution in [2.75, 3.05) is 0 Å². The van der Waals surface area contributed by atoms with E-state index in [1.54, 1.807) is 0 Å². The Bertz CT molecular complexity index is 1520. The average Bonchev–Trinajstić information content (AvgIpc) is 3.25. The largest absolute Gasteiger partial charge is 0.456 e. The second-order valence-corrected chi connectivity index (χ2v) is 10.7. The maximum absolute atomic E-state index is 6.14. The van der Waals surface area contributed by atoms with Gasteiger partial charge in [-0.25, -0.2) is 0 Å². The predicted molar refractivity (Wildman–Crippen MR) is 135 cm³/mol. The Labute approximate surface area is 189 Å². The molecule has 0 atom stereocenters. The van der Waals surface area contributed by atoms with Crippen molar-refractivity contribution >= 4 is 21.9 Å². The first-order valence-electron chi connectivity index (χ1n) is 11.4. The number of para-hydroxylation sites is 1. The Kier molecular flexibility index (Phi) is 3.85. The Balaban J connectivity index is 1.48. The van der Waals surface area contributed by atoms with E-state index in [9.17, 15) is 0 Å². The number of furan rings is 1. The maximum atomic E-state index is 6.14. The monoisotopic (exact) mass is 416 g/mol. The number of hydrogen-bond acceptors (Lipinski definition) is 1. The van der Waals surface area contributed by atoms with Crippen LogP contribution in [0.1, 0.15) is 51.3 Å². The Morgan fingerprint density at radius 1 is 0.625 bits per heavy atom. The zero-order valence-electron chi connectivity index (χ0n) is 19.4. The van der Waals surface area contributed by atoms with Gasteiger partial charge in [0.2, 0.25) is 0 Å². The summed E-state index contributed by atoms with van der Waals surface area (Å²) in [5, 5.41) is 2.35. The van der Waals surface area contributed by atoms with Crippen molar-refractivity contribution in [2.24, 2.45) is 0 Å². The van der Waals surface area contributed by atoms with Gasteiger partial charge in [0.05, 0.1) is 0 Å². The minimum atomic E-state index is -0.0224. The topological polar surface area (TPSA) is 13.1 Å². The molecule has 0 bridgehead atoms. The Morgan fingerprint density at radius 2 is 1.25 bits per heavy atom. The lowest BCUT2D eigenvalue weighted by Gasteiger charge is -2.25. The van der Waals surface area contributed by atoms with Gasteiger partial charge in [-0.05, 0) is 68.6 Å². The Hall–Kier alpha value is -3.32. The summed E-state index contributed by atoms with van der Waals surface area (Å²) in [6, 6.07) is 28.8. The molecule has 0 radical (unpaired) electrons. The lowest BCUT2D eigenvalue weighted by atomic mass is 9.78. The predicted octanol–water partition coefficient (Wildman–Crippen LogP) is 8.86. The number of fused-ring (bicyclic) bond motifs is 6. The summed E-state index contributed by atoms with van der Waals surface area (Å²) in [6.45, 7) is 11.6. The molecule has 1 aromatic heterocycles.